The van der Waals surface area contributed by atoms with E-state index in [1.807, 2.05) is 20.8 Å². The topological polar surface area (TPSA) is 226 Å². The van der Waals surface area contributed by atoms with Crippen LogP contribution in [0, 0.1) is 5.92 Å². The lowest BCUT2D eigenvalue weighted by atomic mass is 10.00. The Hall–Kier alpha value is -3.06. The van der Waals surface area contributed by atoms with Gasteiger partial charge in [0, 0.05) is 12.8 Å². The van der Waals surface area contributed by atoms with Crippen molar-refractivity contribution in [2.24, 2.45) is 23.1 Å². The summed E-state index contributed by atoms with van der Waals surface area (Å²) in [5.41, 5.74) is 15.6. The maximum absolute atomic E-state index is 13.3. The molecule has 40 heavy (non-hydrogen) atoms. The van der Waals surface area contributed by atoms with Crippen LogP contribution in [0.1, 0.15) is 97.8 Å². The molecule has 0 aromatic heterocycles. The third kappa shape index (κ3) is 12.4. The van der Waals surface area contributed by atoms with Crippen LogP contribution in [0.3, 0.4) is 0 Å². The number of rotatable bonds is 18. The molecule has 1 aliphatic rings. The quantitative estimate of drug-likeness (QED) is 0.0743. The van der Waals surface area contributed by atoms with Gasteiger partial charge in [-0.05, 0) is 63.8 Å². The Morgan fingerprint density at radius 2 is 1.45 bits per heavy atom. The van der Waals surface area contributed by atoms with E-state index in [1.165, 1.54) is 0 Å². The van der Waals surface area contributed by atoms with Crippen molar-refractivity contribution < 1.29 is 33.5 Å². The first kappa shape index (κ1) is 35.0. The SMILES string of the molecule is CCCC(=O)N[C@@H](CC(C)C)C(=O)N[C@@H](CCCCN)C(=O)N[C@@H](CCC(N)=O)C(=O)OC(=O)C1(N)CCCC1. The monoisotopic (exact) mass is 568 g/mol. The molecule has 228 valence electrons. The van der Waals surface area contributed by atoms with E-state index in [9.17, 15) is 28.8 Å². The zero-order valence-corrected chi connectivity index (χ0v) is 24.1. The van der Waals surface area contributed by atoms with Gasteiger partial charge in [-0.1, -0.05) is 33.6 Å². The van der Waals surface area contributed by atoms with Gasteiger partial charge in [0.15, 0.2) is 0 Å². The molecule has 0 aromatic carbocycles. The molecule has 9 N–H and O–H groups in total. The number of nitrogens with two attached hydrogens (primary N) is 3. The van der Waals surface area contributed by atoms with Crippen LogP contribution >= 0.6 is 0 Å². The lowest BCUT2D eigenvalue weighted by Gasteiger charge is -2.26. The molecule has 4 amide bonds. The zero-order chi connectivity index (χ0) is 30.3. The van der Waals surface area contributed by atoms with Crippen molar-refractivity contribution in [1.29, 1.82) is 0 Å². The van der Waals surface area contributed by atoms with Gasteiger partial charge in [-0.3, -0.25) is 19.2 Å². The first-order valence-electron chi connectivity index (χ1n) is 14.3. The molecule has 1 rings (SSSR count). The summed E-state index contributed by atoms with van der Waals surface area (Å²) in [5, 5.41) is 7.93. The summed E-state index contributed by atoms with van der Waals surface area (Å²) in [6.45, 7) is 6.04. The standard InChI is InChI=1S/C27H48N6O7/c1-4-9-22(35)31-20(16-17(2)3)24(37)32-18(10-5-8-15-28)23(36)33-19(11-12-21(29)34)25(38)40-26(39)27(30)13-6-7-14-27/h17-20H,4-16,28,30H2,1-3H3,(H2,29,34)(H,31,35)(H,32,37)(H,33,36)/t18-,19-,20-/m0/s1. The van der Waals surface area contributed by atoms with Crippen molar-refractivity contribution in [3.05, 3.63) is 0 Å². The average Bonchev–Trinajstić information content (AvgIpc) is 3.32. The molecular weight excluding hydrogens is 520 g/mol. The maximum atomic E-state index is 13.3. The number of hydrogen-bond donors (Lipinski definition) is 6. The smallest absolute Gasteiger partial charge is 0.336 e. The number of nitrogens with one attached hydrogen (secondary N) is 3. The van der Waals surface area contributed by atoms with Crippen molar-refractivity contribution in [2.75, 3.05) is 6.54 Å². The molecule has 1 fully saturated rings. The molecule has 0 radical (unpaired) electrons. The van der Waals surface area contributed by atoms with Crippen LogP contribution in [0.25, 0.3) is 0 Å². The highest BCUT2D eigenvalue weighted by atomic mass is 16.6. The Morgan fingerprint density at radius 1 is 0.850 bits per heavy atom. The molecule has 13 nitrogen and oxygen atoms in total. The minimum atomic E-state index is -1.38. The summed E-state index contributed by atoms with van der Waals surface area (Å²) in [6, 6.07) is -3.31. The number of amides is 4. The van der Waals surface area contributed by atoms with Gasteiger partial charge < -0.3 is 37.9 Å². The number of esters is 2. The third-order valence-corrected chi connectivity index (χ3v) is 6.79. The highest BCUT2D eigenvalue weighted by molar-refractivity contribution is 5.97. The minimum Gasteiger partial charge on any atom is -0.390 e. The van der Waals surface area contributed by atoms with Crippen LogP contribution in [-0.2, 0) is 33.5 Å². The van der Waals surface area contributed by atoms with Crippen molar-refractivity contribution in [3.8, 4) is 0 Å². The van der Waals surface area contributed by atoms with E-state index in [2.05, 4.69) is 16.0 Å². The van der Waals surface area contributed by atoms with Gasteiger partial charge in [-0.15, -0.1) is 0 Å². The molecular formula is C27H48N6O7. The van der Waals surface area contributed by atoms with E-state index in [0.29, 0.717) is 45.1 Å². The van der Waals surface area contributed by atoms with Crippen LogP contribution in [0.4, 0.5) is 0 Å². The van der Waals surface area contributed by atoms with Crippen molar-refractivity contribution in [2.45, 2.75) is 121 Å². The fourth-order valence-electron chi connectivity index (χ4n) is 4.51. The number of primary amides is 1. The third-order valence-electron chi connectivity index (χ3n) is 6.79. The molecule has 1 aliphatic carbocycles. The summed E-state index contributed by atoms with van der Waals surface area (Å²) in [6.07, 6.45) is 4.24. The Balaban J connectivity index is 3.07. The molecule has 0 spiro atoms. The number of carbonyl (C=O) groups is 6. The number of ether oxygens (including phenoxy) is 1. The second-order valence-corrected chi connectivity index (χ2v) is 11.0. The fraction of sp³-hybridized carbons (Fsp3) is 0.778. The van der Waals surface area contributed by atoms with Gasteiger partial charge in [-0.2, -0.15) is 0 Å². The first-order chi connectivity index (χ1) is 18.8. The van der Waals surface area contributed by atoms with Gasteiger partial charge in [0.2, 0.25) is 23.6 Å². The first-order valence-corrected chi connectivity index (χ1v) is 14.3. The van der Waals surface area contributed by atoms with Gasteiger partial charge >= 0.3 is 11.9 Å². The molecule has 0 aromatic rings. The van der Waals surface area contributed by atoms with Crippen LogP contribution in [0.15, 0.2) is 0 Å². The molecule has 1 saturated carbocycles. The summed E-state index contributed by atoms with van der Waals surface area (Å²) < 4.78 is 5.02. The highest BCUT2D eigenvalue weighted by Gasteiger charge is 2.41. The average molecular weight is 569 g/mol. The second-order valence-electron chi connectivity index (χ2n) is 11.0. The predicted octanol–water partition coefficient (Wildman–Crippen LogP) is 0.0228. The van der Waals surface area contributed by atoms with E-state index in [1.54, 1.807) is 0 Å². The minimum absolute atomic E-state index is 0.0818. The molecule has 3 atom stereocenters. The van der Waals surface area contributed by atoms with E-state index >= 15 is 0 Å². The van der Waals surface area contributed by atoms with Crippen LogP contribution in [0.2, 0.25) is 0 Å². The van der Waals surface area contributed by atoms with Gasteiger partial charge in [0.05, 0.1) is 0 Å². The van der Waals surface area contributed by atoms with Gasteiger partial charge in [0.25, 0.3) is 0 Å². The number of carbonyl (C=O) groups excluding carboxylic acids is 6. The molecule has 0 saturated heterocycles. The molecule has 0 aliphatic heterocycles. The van der Waals surface area contributed by atoms with E-state index in [-0.39, 0.29) is 37.5 Å². The molecule has 0 heterocycles. The lowest BCUT2D eigenvalue weighted by molar-refractivity contribution is -0.165. The van der Waals surface area contributed by atoms with E-state index in [4.69, 9.17) is 21.9 Å². The normalized spacial score (nSPS) is 16.4. The molecule has 0 bridgehead atoms. The zero-order valence-electron chi connectivity index (χ0n) is 24.1. The highest BCUT2D eigenvalue weighted by Crippen LogP contribution is 2.28. The Bertz CT molecular complexity index is 889. The summed E-state index contributed by atoms with van der Waals surface area (Å²) >= 11 is 0. The fourth-order valence-corrected chi connectivity index (χ4v) is 4.51. The van der Waals surface area contributed by atoms with Gasteiger partial charge in [0.1, 0.15) is 23.7 Å². The maximum Gasteiger partial charge on any atom is 0.336 e. The van der Waals surface area contributed by atoms with Crippen molar-refractivity contribution in [1.82, 2.24) is 16.0 Å². The van der Waals surface area contributed by atoms with Crippen molar-refractivity contribution in [3.63, 3.8) is 0 Å². The second kappa shape index (κ2) is 17.6. The van der Waals surface area contributed by atoms with Crippen LogP contribution in [0.5, 0.6) is 0 Å². The Kier molecular flexibility index (Phi) is 15.4. The lowest BCUT2D eigenvalue weighted by Crippen LogP contribution is -2.56. The number of unbranched alkanes of at least 4 members (excludes halogenated alkanes) is 1. The largest absolute Gasteiger partial charge is 0.390 e. The van der Waals surface area contributed by atoms with Crippen LogP contribution < -0.4 is 33.2 Å². The Morgan fingerprint density at radius 3 is 2.00 bits per heavy atom. The molecule has 13 heteroatoms. The Labute approximate surface area is 236 Å². The van der Waals surface area contributed by atoms with E-state index < -0.39 is 53.3 Å². The summed E-state index contributed by atoms with van der Waals surface area (Å²) in [7, 11) is 0. The van der Waals surface area contributed by atoms with E-state index in [0.717, 1.165) is 12.8 Å². The number of hydrogen-bond acceptors (Lipinski definition) is 9. The van der Waals surface area contributed by atoms with Gasteiger partial charge in [-0.25, -0.2) is 9.59 Å². The summed E-state index contributed by atoms with van der Waals surface area (Å²) in [4.78, 5) is 75.6. The van der Waals surface area contributed by atoms with Crippen LogP contribution in [-0.4, -0.2) is 65.8 Å². The summed E-state index contributed by atoms with van der Waals surface area (Å²) in [5.74, 6) is -4.10. The van der Waals surface area contributed by atoms with Crippen molar-refractivity contribution >= 4 is 35.6 Å². The molecule has 0 unspecified atom stereocenters. The predicted molar refractivity (Wildman–Crippen MR) is 148 cm³/mol.